The van der Waals surface area contributed by atoms with Crippen LogP contribution in [0.3, 0.4) is 0 Å². The molecular formula is C15H22ClN3O2. The van der Waals surface area contributed by atoms with E-state index >= 15 is 0 Å². The number of aliphatic hydroxyl groups excluding tert-OH is 1. The van der Waals surface area contributed by atoms with Gasteiger partial charge in [-0.2, -0.15) is 5.10 Å². The summed E-state index contributed by atoms with van der Waals surface area (Å²) in [5, 5.41) is 17.3. The van der Waals surface area contributed by atoms with Gasteiger partial charge in [0.1, 0.15) is 5.02 Å². The predicted molar refractivity (Wildman–Crippen MR) is 84.8 cm³/mol. The Morgan fingerprint density at radius 1 is 1.71 bits per heavy atom. The minimum atomic E-state index is -0.417. The summed E-state index contributed by atoms with van der Waals surface area (Å²) in [6.07, 6.45) is 7.07. The first-order valence-electron chi connectivity index (χ1n) is 7.27. The lowest BCUT2D eigenvalue weighted by Crippen LogP contribution is -2.46. The van der Waals surface area contributed by atoms with Crippen LogP contribution in [0.1, 0.15) is 32.6 Å². The van der Waals surface area contributed by atoms with Crippen LogP contribution in [-0.4, -0.2) is 27.0 Å². The van der Waals surface area contributed by atoms with E-state index in [-0.39, 0.29) is 17.2 Å². The second-order valence-corrected chi connectivity index (χ2v) is 6.29. The molecule has 0 radical (unpaired) electrons. The van der Waals surface area contributed by atoms with Gasteiger partial charge in [-0.1, -0.05) is 37.4 Å². The van der Waals surface area contributed by atoms with Gasteiger partial charge in [0.2, 0.25) is 0 Å². The van der Waals surface area contributed by atoms with Crippen molar-refractivity contribution in [2.24, 2.45) is 5.92 Å². The van der Waals surface area contributed by atoms with E-state index in [2.05, 4.69) is 23.9 Å². The Balaban J connectivity index is 2.28. The number of halogens is 1. The molecule has 0 aliphatic heterocycles. The summed E-state index contributed by atoms with van der Waals surface area (Å²) in [6.45, 7) is 6.10. The topological polar surface area (TPSA) is 67.2 Å². The monoisotopic (exact) mass is 311 g/mol. The molecule has 2 atom stereocenters. The van der Waals surface area contributed by atoms with Crippen LogP contribution in [0, 0.1) is 5.92 Å². The largest absolute Gasteiger partial charge is 0.394 e. The second kappa shape index (κ2) is 6.62. The summed E-state index contributed by atoms with van der Waals surface area (Å²) >= 11 is 6.16. The Bertz CT molecular complexity index is 573. The van der Waals surface area contributed by atoms with Crippen LogP contribution in [0.2, 0.25) is 5.02 Å². The van der Waals surface area contributed by atoms with Crippen molar-refractivity contribution in [3.8, 4) is 0 Å². The smallest absolute Gasteiger partial charge is 0.287 e. The van der Waals surface area contributed by atoms with Gasteiger partial charge in [0.15, 0.2) is 0 Å². The van der Waals surface area contributed by atoms with Crippen molar-refractivity contribution in [1.29, 1.82) is 0 Å². The lowest BCUT2D eigenvalue weighted by Gasteiger charge is -2.40. The molecule has 0 amide bonds. The third-order valence-electron chi connectivity index (χ3n) is 4.08. The van der Waals surface area contributed by atoms with Gasteiger partial charge in [-0.3, -0.25) is 4.79 Å². The van der Waals surface area contributed by atoms with Gasteiger partial charge < -0.3 is 10.4 Å². The third kappa shape index (κ3) is 3.47. The highest BCUT2D eigenvalue weighted by atomic mass is 35.5. The molecule has 2 unspecified atom stereocenters. The summed E-state index contributed by atoms with van der Waals surface area (Å²) in [5.74, 6) is 0.534. The lowest BCUT2D eigenvalue weighted by atomic mass is 9.76. The van der Waals surface area contributed by atoms with Gasteiger partial charge in [0.05, 0.1) is 30.6 Å². The highest BCUT2D eigenvalue weighted by Crippen LogP contribution is 2.35. The minimum absolute atomic E-state index is 0.0173. The normalized spacial score (nSPS) is 25.6. The summed E-state index contributed by atoms with van der Waals surface area (Å²) in [5.41, 5.74) is -0.274. The fourth-order valence-corrected chi connectivity index (χ4v) is 3.24. The van der Waals surface area contributed by atoms with Crippen molar-refractivity contribution in [1.82, 2.24) is 9.78 Å². The van der Waals surface area contributed by atoms with Crippen LogP contribution in [-0.2, 0) is 6.54 Å². The van der Waals surface area contributed by atoms with Gasteiger partial charge in [0.25, 0.3) is 5.56 Å². The fraction of sp³-hybridized carbons (Fsp3) is 0.600. The summed E-state index contributed by atoms with van der Waals surface area (Å²) in [6, 6.07) is 0. The molecule has 1 saturated carbocycles. The predicted octanol–water partition coefficient (Wildman–Crippen LogP) is 2.44. The number of aliphatic hydroxyl groups is 1. The summed E-state index contributed by atoms with van der Waals surface area (Å²) in [4.78, 5) is 12.1. The van der Waals surface area contributed by atoms with Crippen LogP contribution in [0.4, 0.5) is 5.69 Å². The van der Waals surface area contributed by atoms with Crippen LogP contribution >= 0.6 is 11.6 Å². The first-order chi connectivity index (χ1) is 10.0. The van der Waals surface area contributed by atoms with Crippen LogP contribution in [0.25, 0.3) is 0 Å². The molecule has 6 heteroatoms. The van der Waals surface area contributed by atoms with Crippen molar-refractivity contribution in [3.63, 3.8) is 0 Å². The zero-order chi connectivity index (χ0) is 15.5. The number of nitrogens with one attached hydrogen (secondary N) is 1. The molecule has 0 bridgehead atoms. The first kappa shape index (κ1) is 16.0. The lowest BCUT2D eigenvalue weighted by molar-refractivity contribution is 0.149. The molecule has 116 valence electrons. The van der Waals surface area contributed by atoms with Gasteiger partial charge in [0, 0.05) is 0 Å². The molecule has 1 aliphatic carbocycles. The zero-order valence-electron chi connectivity index (χ0n) is 12.3. The minimum Gasteiger partial charge on any atom is -0.394 e. The Morgan fingerprint density at radius 3 is 3.10 bits per heavy atom. The molecule has 1 aromatic heterocycles. The maximum atomic E-state index is 12.1. The zero-order valence-corrected chi connectivity index (χ0v) is 13.1. The van der Waals surface area contributed by atoms with Crippen molar-refractivity contribution >= 4 is 17.3 Å². The van der Waals surface area contributed by atoms with E-state index in [4.69, 9.17) is 11.6 Å². The molecule has 0 spiro atoms. The average Bonchev–Trinajstić information content (AvgIpc) is 2.47. The molecule has 1 heterocycles. The van der Waals surface area contributed by atoms with Crippen LogP contribution in [0.15, 0.2) is 23.6 Å². The number of aromatic nitrogens is 2. The number of anilines is 1. The van der Waals surface area contributed by atoms with Crippen molar-refractivity contribution in [2.75, 3.05) is 11.9 Å². The molecular weight excluding hydrogens is 290 g/mol. The summed E-state index contributed by atoms with van der Waals surface area (Å²) < 4.78 is 1.26. The van der Waals surface area contributed by atoms with E-state index in [1.54, 1.807) is 12.3 Å². The first-order valence-corrected chi connectivity index (χ1v) is 7.65. The van der Waals surface area contributed by atoms with E-state index in [0.717, 1.165) is 25.7 Å². The van der Waals surface area contributed by atoms with Crippen molar-refractivity contribution < 1.29 is 5.11 Å². The van der Waals surface area contributed by atoms with Gasteiger partial charge in [-0.05, 0) is 18.8 Å². The van der Waals surface area contributed by atoms with E-state index < -0.39 is 5.54 Å². The molecule has 5 nitrogen and oxygen atoms in total. The molecule has 1 aromatic rings. The van der Waals surface area contributed by atoms with Crippen molar-refractivity contribution in [2.45, 2.75) is 44.7 Å². The number of allylic oxidation sites excluding steroid dienone is 1. The number of rotatable bonds is 5. The SMILES string of the molecule is C=CCn1ncc(NC2(CO)CCCC(C)C2)c(Cl)c1=O. The number of hydrogen-bond donors (Lipinski definition) is 2. The van der Waals surface area contributed by atoms with Gasteiger partial charge >= 0.3 is 0 Å². The quantitative estimate of drug-likeness (QED) is 0.820. The number of nitrogens with zero attached hydrogens (tertiary/aromatic N) is 2. The Kier molecular flexibility index (Phi) is 5.06. The van der Waals surface area contributed by atoms with Gasteiger partial charge in [-0.15, -0.1) is 6.58 Å². The standard InChI is InChI=1S/C15H22ClN3O2/c1-3-7-19-14(21)13(16)12(9-17-19)18-15(10-20)6-4-5-11(2)8-15/h3,9,11,18,20H,1,4-8,10H2,2H3. The molecule has 0 aromatic carbocycles. The molecule has 2 rings (SSSR count). The molecule has 0 saturated heterocycles. The van der Waals surface area contributed by atoms with Gasteiger partial charge in [-0.25, -0.2) is 4.68 Å². The van der Waals surface area contributed by atoms with Crippen LogP contribution in [0.5, 0.6) is 0 Å². The fourth-order valence-electron chi connectivity index (χ4n) is 3.05. The number of hydrogen-bond acceptors (Lipinski definition) is 4. The third-order valence-corrected chi connectivity index (χ3v) is 4.45. The highest BCUT2D eigenvalue weighted by Gasteiger charge is 2.35. The second-order valence-electron chi connectivity index (χ2n) is 5.91. The maximum Gasteiger partial charge on any atom is 0.287 e. The van der Waals surface area contributed by atoms with E-state index in [1.165, 1.54) is 4.68 Å². The van der Waals surface area contributed by atoms with E-state index in [0.29, 0.717) is 18.2 Å². The molecule has 1 fully saturated rings. The maximum absolute atomic E-state index is 12.1. The summed E-state index contributed by atoms with van der Waals surface area (Å²) in [7, 11) is 0. The Labute approximate surface area is 129 Å². The molecule has 1 aliphatic rings. The van der Waals surface area contributed by atoms with E-state index in [9.17, 15) is 9.90 Å². The highest BCUT2D eigenvalue weighted by molar-refractivity contribution is 6.32. The molecule has 2 N–H and O–H groups in total. The van der Waals surface area contributed by atoms with Crippen LogP contribution < -0.4 is 10.9 Å². The Morgan fingerprint density at radius 2 is 2.48 bits per heavy atom. The average molecular weight is 312 g/mol. The molecule has 21 heavy (non-hydrogen) atoms. The van der Waals surface area contributed by atoms with E-state index in [1.807, 2.05) is 0 Å². The van der Waals surface area contributed by atoms with Crippen molar-refractivity contribution in [3.05, 3.63) is 34.2 Å². The Hall–Kier alpha value is -1.33.